The van der Waals surface area contributed by atoms with E-state index in [2.05, 4.69) is 30.3 Å². The summed E-state index contributed by atoms with van der Waals surface area (Å²) in [7, 11) is 1.68. The van der Waals surface area contributed by atoms with Gasteiger partial charge in [0.1, 0.15) is 5.75 Å². The van der Waals surface area contributed by atoms with Crippen LogP contribution < -0.4 is 10.5 Å². The molecule has 0 aliphatic carbocycles. The average molecular weight is 352 g/mol. The van der Waals surface area contributed by atoms with Crippen molar-refractivity contribution in [3.05, 3.63) is 54.1 Å². The molecule has 1 fully saturated rings. The van der Waals surface area contributed by atoms with Crippen LogP contribution in [0.5, 0.6) is 5.75 Å². The van der Waals surface area contributed by atoms with Gasteiger partial charge in [-0.15, -0.1) is 0 Å². The Morgan fingerprint density at radius 2 is 1.88 bits per heavy atom. The number of amides is 1. The number of rotatable bonds is 5. The van der Waals surface area contributed by atoms with Crippen LogP contribution >= 0.6 is 0 Å². The largest absolute Gasteiger partial charge is 0.497 e. The molecular weight excluding hydrogens is 324 g/mol. The summed E-state index contributed by atoms with van der Waals surface area (Å²) in [6.45, 7) is 4.66. The Morgan fingerprint density at radius 1 is 1.19 bits per heavy atom. The number of hydrogen-bond donors (Lipinski definition) is 1. The summed E-state index contributed by atoms with van der Waals surface area (Å²) in [5.41, 5.74) is 9.80. The van der Waals surface area contributed by atoms with Crippen LogP contribution in [0.15, 0.2) is 48.5 Å². The summed E-state index contributed by atoms with van der Waals surface area (Å²) in [6.07, 6.45) is 1.66. The number of nitrogens with two attached hydrogens (primary N) is 1. The molecule has 2 N–H and O–H groups in total. The number of ether oxygens (including phenoxy) is 1. The van der Waals surface area contributed by atoms with Gasteiger partial charge in [-0.1, -0.05) is 50.2 Å². The van der Waals surface area contributed by atoms with E-state index in [1.807, 2.05) is 36.9 Å². The second kappa shape index (κ2) is 7.92. The quantitative estimate of drug-likeness (QED) is 0.896. The number of methoxy groups -OCH3 is 1. The van der Waals surface area contributed by atoms with E-state index in [0.717, 1.165) is 36.3 Å². The Kier molecular flexibility index (Phi) is 5.62. The standard InChI is InChI=1S/C22H28N2O2/c1-15(2)22(25)24-11-10-20(23)21(24)13-16-6-4-7-17(12-16)18-8-5-9-19(14-18)26-3/h4-9,12,14-15,20-21H,10-11,13,23H2,1-3H3. The summed E-state index contributed by atoms with van der Waals surface area (Å²) in [5, 5.41) is 0. The van der Waals surface area contributed by atoms with E-state index in [9.17, 15) is 4.79 Å². The van der Waals surface area contributed by atoms with Crippen molar-refractivity contribution in [3.8, 4) is 16.9 Å². The van der Waals surface area contributed by atoms with E-state index >= 15 is 0 Å². The SMILES string of the molecule is COc1cccc(-c2cccc(CC3C(N)CCN3C(=O)C(C)C)c2)c1. The summed E-state index contributed by atoms with van der Waals surface area (Å²) < 4.78 is 5.33. The van der Waals surface area contributed by atoms with Gasteiger partial charge in [0.25, 0.3) is 0 Å². The number of carbonyl (C=O) groups is 1. The topological polar surface area (TPSA) is 55.6 Å². The fourth-order valence-electron chi connectivity index (χ4n) is 3.67. The Balaban J connectivity index is 1.82. The number of hydrogen-bond acceptors (Lipinski definition) is 3. The van der Waals surface area contributed by atoms with Crippen LogP contribution in [0.25, 0.3) is 11.1 Å². The average Bonchev–Trinajstić information content (AvgIpc) is 3.01. The van der Waals surface area contributed by atoms with E-state index in [1.54, 1.807) is 7.11 Å². The van der Waals surface area contributed by atoms with Crippen molar-refractivity contribution in [2.45, 2.75) is 38.8 Å². The lowest BCUT2D eigenvalue weighted by atomic mass is 9.96. The molecule has 1 aliphatic rings. The molecule has 4 nitrogen and oxygen atoms in total. The van der Waals surface area contributed by atoms with Gasteiger partial charge in [-0.2, -0.15) is 0 Å². The minimum Gasteiger partial charge on any atom is -0.497 e. The summed E-state index contributed by atoms with van der Waals surface area (Å²) in [4.78, 5) is 14.5. The highest BCUT2D eigenvalue weighted by Crippen LogP contribution is 2.27. The summed E-state index contributed by atoms with van der Waals surface area (Å²) >= 11 is 0. The monoisotopic (exact) mass is 352 g/mol. The first kappa shape index (κ1) is 18.5. The van der Waals surface area contributed by atoms with Crippen LogP contribution in [0.3, 0.4) is 0 Å². The van der Waals surface area contributed by atoms with Crippen LogP contribution in [0, 0.1) is 5.92 Å². The van der Waals surface area contributed by atoms with Crippen LogP contribution in [0.4, 0.5) is 0 Å². The fourth-order valence-corrected chi connectivity index (χ4v) is 3.67. The molecule has 4 heteroatoms. The Bertz CT molecular complexity index is 772. The van der Waals surface area contributed by atoms with Gasteiger partial charge in [0.15, 0.2) is 0 Å². The van der Waals surface area contributed by atoms with Gasteiger partial charge < -0.3 is 15.4 Å². The number of carbonyl (C=O) groups excluding carboxylic acids is 1. The molecule has 1 aliphatic heterocycles. The molecule has 3 rings (SSSR count). The third-order valence-corrected chi connectivity index (χ3v) is 5.15. The van der Waals surface area contributed by atoms with Gasteiger partial charge in [-0.25, -0.2) is 0 Å². The van der Waals surface area contributed by atoms with Gasteiger partial charge in [-0.05, 0) is 41.7 Å². The second-order valence-corrected chi connectivity index (χ2v) is 7.34. The highest BCUT2D eigenvalue weighted by atomic mass is 16.5. The molecule has 0 aromatic heterocycles. The van der Waals surface area contributed by atoms with Crippen molar-refractivity contribution in [2.24, 2.45) is 11.7 Å². The molecule has 2 atom stereocenters. The highest BCUT2D eigenvalue weighted by Gasteiger charge is 2.35. The van der Waals surface area contributed by atoms with Crippen molar-refractivity contribution in [1.82, 2.24) is 4.90 Å². The van der Waals surface area contributed by atoms with Crippen molar-refractivity contribution >= 4 is 5.91 Å². The third-order valence-electron chi connectivity index (χ3n) is 5.15. The molecule has 2 aromatic rings. The van der Waals surface area contributed by atoms with E-state index < -0.39 is 0 Å². The summed E-state index contributed by atoms with van der Waals surface area (Å²) in [5.74, 6) is 1.05. The maximum Gasteiger partial charge on any atom is 0.225 e. The lowest BCUT2D eigenvalue weighted by Gasteiger charge is -2.28. The van der Waals surface area contributed by atoms with E-state index in [4.69, 9.17) is 10.5 Å². The van der Waals surface area contributed by atoms with Crippen LogP contribution in [-0.2, 0) is 11.2 Å². The van der Waals surface area contributed by atoms with Crippen LogP contribution in [0.2, 0.25) is 0 Å². The van der Waals surface area contributed by atoms with Crippen molar-refractivity contribution in [3.63, 3.8) is 0 Å². The predicted molar refractivity (Wildman–Crippen MR) is 105 cm³/mol. The van der Waals surface area contributed by atoms with Crippen LogP contribution in [-0.4, -0.2) is 36.5 Å². The smallest absolute Gasteiger partial charge is 0.225 e. The van der Waals surface area contributed by atoms with E-state index in [0.29, 0.717) is 0 Å². The van der Waals surface area contributed by atoms with Crippen molar-refractivity contribution < 1.29 is 9.53 Å². The first-order valence-corrected chi connectivity index (χ1v) is 9.29. The van der Waals surface area contributed by atoms with Crippen molar-refractivity contribution in [2.75, 3.05) is 13.7 Å². The van der Waals surface area contributed by atoms with Gasteiger partial charge in [0.05, 0.1) is 13.2 Å². The fraction of sp³-hybridized carbons (Fsp3) is 0.409. The lowest BCUT2D eigenvalue weighted by Crippen LogP contribution is -2.45. The molecular formula is C22H28N2O2. The van der Waals surface area contributed by atoms with Gasteiger partial charge in [-0.3, -0.25) is 4.79 Å². The molecule has 2 unspecified atom stereocenters. The highest BCUT2D eigenvalue weighted by molar-refractivity contribution is 5.79. The first-order valence-electron chi connectivity index (χ1n) is 9.29. The molecule has 0 radical (unpaired) electrons. The maximum atomic E-state index is 12.5. The molecule has 0 bridgehead atoms. The zero-order valence-corrected chi connectivity index (χ0v) is 15.8. The molecule has 1 amide bonds. The minimum absolute atomic E-state index is 0.00548. The van der Waals surface area contributed by atoms with E-state index in [1.165, 1.54) is 5.56 Å². The molecule has 1 saturated heterocycles. The van der Waals surface area contributed by atoms with Gasteiger partial charge in [0, 0.05) is 18.5 Å². The molecule has 2 aromatic carbocycles. The Hall–Kier alpha value is -2.33. The zero-order valence-electron chi connectivity index (χ0n) is 15.8. The number of benzene rings is 2. The second-order valence-electron chi connectivity index (χ2n) is 7.34. The number of likely N-dealkylation sites (tertiary alicyclic amines) is 1. The maximum absolute atomic E-state index is 12.5. The van der Waals surface area contributed by atoms with E-state index in [-0.39, 0.29) is 23.9 Å². The molecule has 26 heavy (non-hydrogen) atoms. The Labute approximate surface area is 156 Å². The predicted octanol–water partition coefficient (Wildman–Crippen LogP) is 3.49. The molecule has 0 saturated carbocycles. The zero-order chi connectivity index (χ0) is 18.7. The lowest BCUT2D eigenvalue weighted by molar-refractivity contribution is -0.135. The third kappa shape index (κ3) is 3.91. The molecule has 138 valence electrons. The molecule has 1 heterocycles. The first-order chi connectivity index (χ1) is 12.5. The normalized spacial score (nSPS) is 19.8. The van der Waals surface area contributed by atoms with Gasteiger partial charge >= 0.3 is 0 Å². The van der Waals surface area contributed by atoms with Crippen molar-refractivity contribution in [1.29, 1.82) is 0 Å². The molecule has 0 spiro atoms. The summed E-state index contributed by atoms with van der Waals surface area (Å²) in [6, 6.07) is 16.7. The Morgan fingerprint density at radius 3 is 2.58 bits per heavy atom. The van der Waals surface area contributed by atoms with Crippen LogP contribution in [0.1, 0.15) is 25.8 Å². The minimum atomic E-state index is 0.00548. The van der Waals surface area contributed by atoms with Gasteiger partial charge in [0.2, 0.25) is 5.91 Å². The number of nitrogens with zero attached hydrogens (tertiary/aromatic N) is 1.